The molecule has 1 aromatic heterocycles. The molecule has 0 saturated carbocycles. The Morgan fingerprint density at radius 1 is 0.893 bits per heavy atom. The predicted octanol–water partition coefficient (Wildman–Crippen LogP) is 5.52. The first-order valence-corrected chi connectivity index (χ1v) is 9.80. The fraction of sp³-hybridized carbons (Fsp3) is 0.348. The molecule has 0 saturated heterocycles. The standard InChI is InChI=1S/C23H26O5/c1-3-5-13-26-17-9-7-16(8-10-17)23-22(25)21(24)19-12-11-18(15-20(19)28-23)27-14-6-4-2/h7-12,15,25H,3-6,13-14H2,1-2H3. The van der Waals surface area contributed by atoms with Gasteiger partial charge in [0.25, 0.3) is 0 Å². The van der Waals surface area contributed by atoms with Gasteiger partial charge in [-0.25, -0.2) is 0 Å². The highest BCUT2D eigenvalue weighted by molar-refractivity contribution is 5.83. The van der Waals surface area contributed by atoms with Gasteiger partial charge < -0.3 is 19.0 Å². The van der Waals surface area contributed by atoms with Gasteiger partial charge in [-0.1, -0.05) is 26.7 Å². The van der Waals surface area contributed by atoms with Gasteiger partial charge in [-0.2, -0.15) is 0 Å². The maximum atomic E-state index is 12.6. The van der Waals surface area contributed by atoms with Crippen molar-refractivity contribution in [2.45, 2.75) is 39.5 Å². The molecule has 1 N–H and O–H groups in total. The van der Waals surface area contributed by atoms with Crippen LogP contribution in [0.15, 0.2) is 51.7 Å². The van der Waals surface area contributed by atoms with Crippen molar-refractivity contribution in [1.82, 2.24) is 0 Å². The summed E-state index contributed by atoms with van der Waals surface area (Å²) in [5.74, 6) is 1.13. The van der Waals surface area contributed by atoms with Crippen molar-refractivity contribution in [2.24, 2.45) is 0 Å². The van der Waals surface area contributed by atoms with Crippen LogP contribution in [0.2, 0.25) is 0 Å². The van der Waals surface area contributed by atoms with Gasteiger partial charge in [-0.3, -0.25) is 4.79 Å². The van der Waals surface area contributed by atoms with Crippen LogP contribution < -0.4 is 14.9 Å². The Balaban J connectivity index is 1.91. The largest absolute Gasteiger partial charge is 0.502 e. The first kappa shape index (κ1) is 19.8. The third-order valence-electron chi connectivity index (χ3n) is 4.49. The van der Waals surface area contributed by atoms with Gasteiger partial charge in [-0.05, 0) is 49.2 Å². The van der Waals surface area contributed by atoms with E-state index >= 15 is 0 Å². The third-order valence-corrected chi connectivity index (χ3v) is 4.49. The Morgan fingerprint density at radius 2 is 1.50 bits per heavy atom. The maximum absolute atomic E-state index is 12.6. The predicted molar refractivity (Wildman–Crippen MR) is 110 cm³/mol. The quantitative estimate of drug-likeness (QED) is 0.493. The van der Waals surface area contributed by atoms with Gasteiger partial charge in [0.2, 0.25) is 11.2 Å². The third kappa shape index (κ3) is 4.47. The normalized spacial score (nSPS) is 10.9. The number of unbranched alkanes of at least 4 members (excludes halogenated alkanes) is 2. The lowest BCUT2D eigenvalue weighted by Gasteiger charge is -2.10. The molecule has 28 heavy (non-hydrogen) atoms. The Kier molecular flexibility index (Phi) is 6.58. The minimum absolute atomic E-state index is 0.142. The average molecular weight is 382 g/mol. The van der Waals surface area contributed by atoms with Gasteiger partial charge in [-0.15, -0.1) is 0 Å². The summed E-state index contributed by atoms with van der Waals surface area (Å²) >= 11 is 0. The van der Waals surface area contributed by atoms with Crippen LogP contribution >= 0.6 is 0 Å². The van der Waals surface area contributed by atoms with Crippen molar-refractivity contribution in [2.75, 3.05) is 13.2 Å². The van der Waals surface area contributed by atoms with Crippen LogP contribution in [0.1, 0.15) is 39.5 Å². The first-order valence-electron chi connectivity index (χ1n) is 9.80. The van der Waals surface area contributed by atoms with E-state index in [0.29, 0.717) is 35.5 Å². The van der Waals surface area contributed by atoms with Crippen LogP contribution in [-0.4, -0.2) is 18.3 Å². The number of hydrogen-bond acceptors (Lipinski definition) is 5. The van der Waals surface area contributed by atoms with Gasteiger partial charge in [0.15, 0.2) is 5.76 Å². The lowest BCUT2D eigenvalue weighted by molar-refractivity contribution is 0.309. The highest BCUT2D eigenvalue weighted by atomic mass is 16.5. The van der Waals surface area contributed by atoms with Crippen molar-refractivity contribution in [3.8, 4) is 28.6 Å². The Morgan fingerprint density at radius 3 is 2.14 bits per heavy atom. The number of aromatic hydroxyl groups is 1. The summed E-state index contributed by atoms with van der Waals surface area (Å²) in [7, 11) is 0. The summed E-state index contributed by atoms with van der Waals surface area (Å²) in [5.41, 5.74) is 0.534. The second-order valence-corrected chi connectivity index (χ2v) is 6.70. The van der Waals surface area contributed by atoms with Gasteiger partial charge in [0, 0.05) is 11.6 Å². The molecule has 5 heteroatoms. The Hall–Kier alpha value is -2.95. The van der Waals surface area contributed by atoms with Crippen LogP contribution in [0.5, 0.6) is 17.2 Å². The number of ether oxygens (including phenoxy) is 2. The maximum Gasteiger partial charge on any atom is 0.235 e. The first-order chi connectivity index (χ1) is 13.6. The molecule has 0 radical (unpaired) electrons. The molecule has 0 amide bonds. The molecule has 0 aliphatic heterocycles. The second-order valence-electron chi connectivity index (χ2n) is 6.70. The molecule has 148 valence electrons. The SMILES string of the molecule is CCCCOc1ccc(-c2oc3cc(OCCCC)ccc3c(=O)c2O)cc1. The second kappa shape index (κ2) is 9.31. The van der Waals surface area contributed by atoms with Crippen molar-refractivity contribution in [3.63, 3.8) is 0 Å². The molecular weight excluding hydrogens is 356 g/mol. The molecule has 5 nitrogen and oxygen atoms in total. The van der Waals surface area contributed by atoms with E-state index in [1.807, 2.05) is 0 Å². The van der Waals surface area contributed by atoms with E-state index in [0.717, 1.165) is 31.4 Å². The molecule has 3 rings (SSSR count). The van der Waals surface area contributed by atoms with Gasteiger partial charge in [0.1, 0.15) is 17.1 Å². The van der Waals surface area contributed by atoms with E-state index in [2.05, 4.69) is 13.8 Å². The van der Waals surface area contributed by atoms with Crippen LogP contribution in [0.3, 0.4) is 0 Å². The van der Waals surface area contributed by atoms with Gasteiger partial charge in [0.05, 0.1) is 18.6 Å². The summed E-state index contributed by atoms with van der Waals surface area (Å²) in [5, 5.41) is 10.7. The van der Waals surface area contributed by atoms with E-state index < -0.39 is 11.2 Å². The van der Waals surface area contributed by atoms with E-state index in [1.165, 1.54) is 0 Å². The van der Waals surface area contributed by atoms with E-state index in [-0.39, 0.29) is 5.76 Å². The molecular formula is C23H26O5. The van der Waals surface area contributed by atoms with Gasteiger partial charge >= 0.3 is 0 Å². The van der Waals surface area contributed by atoms with Crippen molar-refractivity contribution in [3.05, 3.63) is 52.7 Å². The molecule has 0 aliphatic rings. The molecule has 2 aromatic carbocycles. The molecule has 1 heterocycles. The summed E-state index contributed by atoms with van der Waals surface area (Å²) in [6.45, 7) is 5.47. The summed E-state index contributed by atoms with van der Waals surface area (Å²) in [6, 6.07) is 12.2. The molecule has 0 unspecified atom stereocenters. The fourth-order valence-corrected chi connectivity index (χ4v) is 2.82. The Labute approximate surface area is 164 Å². The van der Waals surface area contributed by atoms with Crippen molar-refractivity contribution in [1.29, 1.82) is 0 Å². The van der Waals surface area contributed by atoms with Crippen molar-refractivity contribution < 1.29 is 19.0 Å². The highest BCUT2D eigenvalue weighted by Crippen LogP contribution is 2.32. The highest BCUT2D eigenvalue weighted by Gasteiger charge is 2.16. The van der Waals surface area contributed by atoms with Crippen LogP contribution in [0.25, 0.3) is 22.3 Å². The molecule has 0 fully saturated rings. The number of rotatable bonds is 9. The smallest absolute Gasteiger partial charge is 0.235 e. The topological polar surface area (TPSA) is 68.9 Å². The lowest BCUT2D eigenvalue weighted by atomic mass is 10.1. The Bertz CT molecular complexity index is 973. The lowest BCUT2D eigenvalue weighted by Crippen LogP contribution is -2.03. The molecule has 0 bridgehead atoms. The summed E-state index contributed by atoms with van der Waals surface area (Å²) in [4.78, 5) is 12.6. The molecule has 0 aliphatic carbocycles. The number of hydrogen-bond donors (Lipinski definition) is 1. The van der Waals surface area contributed by atoms with Crippen LogP contribution in [0, 0.1) is 0 Å². The van der Waals surface area contributed by atoms with Crippen molar-refractivity contribution >= 4 is 11.0 Å². The number of fused-ring (bicyclic) bond motifs is 1. The van der Waals surface area contributed by atoms with E-state index in [1.54, 1.807) is 42.5 Å². The minimum atomic E-state index is -0.459. The van der Waals surface area contributed by atoms with Crippen LogP contribution in [0.4, 0.5) is 0 Å². The van der Waals surface area contributed by atoms with E-state index in [9.17, 15) is 9.90 Å². The zero-order valence-electron chi connectivity index (χ0n) is 16.4. The molecule has 0 spiro atoms. The monoisotopic (exact) mass is 382 g/mol. The van der Waals surface area contributed by atoms with E-state index in [4.69, 9.17) is 13.9 Å². The molecule has 0 atom stereocenters. The minimum Gasteiger partial charge on any atom is -0.502 e. The molecule has 3 aromatic rings. The summed E-state index contributed by atoms with van der Waals surface area (Å²) in [6.07, 6.45) is 4.05. The zero-order valence-corrected chi connectivity index (χ0v) is 16.4. The zero-order chi connectivity index (χ0) is 19.9. The summed E-state index contributed by atoms with van der Waals surface area (Å²) < 4.78 is 17.2. The average Bonchev–Trinajstić information content (AvgIpc) is 2.71. The fourth-order valence-electron chi connectivity index (χ4n) is 2.82. The van der Waals surface area contributed by atoms with Crippen LogP contribution in [-0.2, 0) is 0 Å². The number of benzene rings is 2.